The second kappa shape index (κ2) is 3.14. The van der Waals surface area contributed by atoms with E-state index >= 15 is 0 Å². The van der Waals surface area contributed by atoms with Crippen molar-refractivity contribution in [3.8, 4) is 0 Å². The first-order valence-electron chi connectivity index (χ1n) is 3.98. The Hall–Kier alpha value is -0.0400. The fraction of sp³-hybridized carbons (Fsp3) is 0.600. The third-order valence-corrected chi connectivity index (χ3v) is 3.78. The summed E-state index contributed by atoms with van der Waals surface area (Å²) < 4.78 is 0. The van der Waals surface area contributed by atoms with Crippen LogP contribution in [0.5, 0.6) is 0 Å². The SMILES string of the molecule is C=C1CC(C)=CCC1(C)CBr. The van der Waals surface area contributed by atoms with E-state index in [-0.39, 0.29) is 0 Å². The minimum atomic E-state index is 0.305. The van der Waals surface area contributed by atoms with Crippen molar-refractivity contribution in [1.82, 2.24) is 0 Å². The smallest absolute Gasteiger partial charge is 0.0126 e. The molecule has 1 aliphatic rings. The highest BCUT2D eigenvalue weighted by Gasteiger charge is 2.27. The van der Waals surface area contributed by atoms with Crippen LogP contribution in [0.3, 0.4) is 0 Å². The van der Waals surface area contributed by atoms with E-state index in [1.807, 2.05) is 0 Å². The second-order valence-corrected chi connectivity index (χ2v) is 4.29. The molecule has 11 heavy (non-hydrogen) atoms. The molecule has 0 N–H and O–H groups in total. The Kier molecular flexibility index (Phi) is 2.58. The normalized spacial score (nSPS) is 31.9. The number of hydrogen-bond acceptors (Lipinski definition) is 0. The molecule has 0 heterocycles. The Morgan fingerprint density at radius 3 is 2.82 bits per heavy atom. The van der Waals surface area contributed by atoms with Gasteiger partial charge in [0.2, 0.25) is 0 Å². The van der Waals surface area contributed by atoms with E-state index in [9.17, 15) is 0 Å². The van der Waals surface area contributed by atoms with E-state index in [1.54, 1.807) is 0 Å². The topological polar surface area (TPSA) is 0 Å². The summed E-state index contributed by atoms with van der Waals surface area (Å²) in [7, 11) is 0. The standard InChI is InChI=1S/C10H15Br/c1-8-4-5-10(3,7-11)9(2)6-8/h4H,2,5-7H2,1,3H3. The van der Waals surface area contributed by atoms with Gasteiger partial charge in [0.05, 0.1) is 0 Å². The van der Waals surface area contributed by atoms with Crippen molar-refractivity contribution in [3.05, 3.63) is 23.8 Å². The summed E-state index contributed by atoms with van der Waals surface area (Å²) in [6.07, 6.45) is 4.56. The van der Waals surface area contributed by atoms with Crippen molar-refractivity contribution in [3.63, 3.8) is 0 Å². The number of allylic oxidation sites excluding steroid dienone is 3. The zero-order chi connectivity index (χ0) is 8.48. The van der Waals surface area contributed by atoms with Crippen LogP contribution in [0.15, 0.2) is 23.8 Å². The molecule has 0 spiro atoms. The van der Waals surface area contributed by atoms with Gasteiger partial charge in [0, 0.05) is 10.7 Å². The molecule has 0 radical (unpaired) electrons. The second-order valence-electron chi connectivity index (χ2n) is 3.73. The van der Waals surface area contributed by atoms with E-state index in [0.29, 0.717) is 5.41 Å². The summed E-state index contributed by atoms with van der Waals surface area (Å²) in [5.74, 6) is 0. The number of halogens is 1. The maximum atomic E-state index is 4.12. The van der Waals surface area contributed by atoms with Gasteiger partial charge in [-0.2, -0.15) is 0 Å². The monoisotopic (exact) mass is 214 g/mol. The van der Waals surface area contributed by atoms with Crippen LogP contribution in [0.25, 0.3) is 0 Å². The Morgan fingerprint density at radius 2 is 2.36 bits per heavy atom. The highest BCUT2D eigenvalue weighted by atomic mass is 79.9. The molecule has 0 fully saturated rings. The first-order valence-corrected chi connectivity index (χ1v) is 5.10. The molecule has 1 atom stereocenters. The highest BCUT2D eigenvalue weighted by Crippen LogP contribution is 2.39. The fourth-order valence-electron chi connectivity index (χ4n) is 1.32. The maximum Gasteiger partial charge on any atom is 0.0126 e. The van der Waals surface area contributed by atoms with Crippen molar-refractivity contribution < 1.29 is 0 Å². The van der Waals surface area contributed by atoms with Gasteiger partial charge >= 0.3 is 0 Å². The van der Waals surface area contributed by atoms with Gasteiger partial charge in [0.15, 0.2) is 0 Å². The number of hydrogen-bond donors (Lipinski definition) is 0. The predicted octanol–water partition coefficient (Wildman–Crippen LogP) is 3.68. The van der Waals surface area contributed by atoms with E-state index in [2.05, 4.69) is 42.4 Å². The van der Waals surface area contributed by atoms with Crippen molar-refractivity contribution >= 4 is 15.9 Å². The van der Waals surface area contributed by atoms with Gasteiger partial charge in [-0.25, -0.2) is 0 Å². The molecule has 1 heteroatoms. The van der Waals surface area contributed by atoms with Crippen LogP contribution in [0.4, 0.5) is 0 Å². The van der Waals surface area contributed by atoms with Crippen molar-refractivity contribution in [2.45, 2.75) is 26.7 Å². The van der Waals surface area contributed by atoms with Crippen molar-refractivity contribution in [1.29, 1.82) is 0 Å². The molecule has 0 nitrogen and oxygen atoms in total. The predicted molar refractivity (Wildman–Crippen MR) is 54.0 cm³/mol. The molecule has 1 rings (SSSR count). The molecule has 0 saturated carbocycles. The quantitative estimate of drug-likeness (QED) is 0.462. The lowest BCUT2D eigenvalue weighted by molar-refractivity contribution is 0.443. The molecule has 0 amide bonds. The van der Waals surface area contributed by atoms with Crippen molar-refractivity contribution in [2.24, 2.45) is 5.41 Å². The van der Waals surface area contributed by atoms with Crippen LogP contribution >= 0.6 is 15.9 Å². The summed E-state index contributed by atoms with van der Waals surface area (Å²) >= 11 is 3.54. The average Bonchev–Trinajstić information content (AvgIpc) is 1.98. The Bertz CT molecular complexity index is 203. The van der Waals surface area contributed by atoms with Crippen LogP contribution < -0.4 is 0 Å². The number of rotatable bonds is 1. The van der Waals surface area contributed by atoms with Gasteiger partial charge in [-0.05, 0) is 19.8 Å². The molecule has 62 valence electrons. The van der Waals surface area contributed by atoms with Crippen LogP contribution in [-0.4, -0.2) is 5.33 Å². The molecule has 0 aliphatic heterocycles. The minimum Gasteiger partial charge on any atom is -0.0989 e. The third kappa shape index (κ3) is 1.76. The summed E-state index contributed by atoms with van der Waals surface area (Å²) in [5.41, 5.74) is 3.14. The molecule has 0 aromatic rings. The average molecular weight is 215 g/mol. The highest BCUT2D eigenvalue weighted by molar-refractivity contribution is 9.09. The fourth-order valence-corrected chi connectivity index (χ4v) is 1.94. The van der Waals surface area contributed by atoms with E-state index in [0.717, 1.165) is 18.2 Å². The first-order chi connectivity index (χ1) is 5.08. The minimum absolute atomic E-state index is 0.305. The molecule has 0 saturated heterocycles. The summed E-state index contributed by atoms with van der Waals surface area (Å²) in [6, 6.07) is 0. The largest absolute Gasteiger partial charge is 0.0989 e. The van der Waals surface area contributed by atoms with E-state index in [4.69, 9.17) is 0 Å². The first kappa shape index (κ1) is 9.05. The summed E-state index contributed by atoms with van der Waals surface area (Å²) in [4.78, 5) is 0. The van der Waals surface area contributed by atoms with Crippen LogP contribution in [0.2, 0.25) is 0 Å². The molecule has 0 bridgehead atoms. The summed E-state index contributed by atoms with van der Waals surface area (Å²) in [5, 5.41) is 1.03. The van der Waals surface area contributed by atoms with Gasteiger partial charge in [0.25, 0.3) is 0 Å². The molecular weight excluding hydrogens is 200 g/mol. The van der Waals surface area contributed by atoms with E-state index in [1.165, 1.54) is 11.1 Å². The van der Waals surface area contributed by atoms with Crippen LogP contribution in [0, 0.1) is 5.41 Å². The zero-order valence-corrected chi connectivity index (χ0v) is 8.87. The molecule has 1 unspecified atom stereocenters. The maximum absolute atomic E-state index is 4.12. The Labute approximate surface area is 77.5 Å². The van der Waals surface area contributed by atoms with Gasteiger partial charge in [-0.15, -0.1) is 0 Å². The lowest BCUT2D eigenvalue weighted by atomic mass is 9.75. The Balaban J connectivity index is 2.81. The third-order valence-electron chi connectivity index (χ3n) is 2.54. The molecular formula is C10H15Br. The lowest BCUT2D eigenvalue weighted by Gasteiger charge is -2.32. The molecule has 0 aromatic heterocycles. The summed E-state index contributed by atoms with van der Waals surface area (Å²) in [6.45, 7) is 8.57. The van der Waals surface area contributed by atoms with Gasteiger partial charge in [0.1, 0.15) is 0 Å². The van der Waals surface area contributed by atoms with Gasteiger partial charge in [-0.1, -0.05) is 46.7 Å². The van der Waals surface area contributed by atoms with E-state index < -0.39 is 0 Å². The van der Waals surface area contributed by atoms with Crippen LogP contribution in [-0.2, 0) is 0 Å². The molecule has 0 aromatic carbocycles. The van der Waals surface area contributed by atoms with Gasteiger partial charge < -0.3 is 0 Å². The van der Waals surface area contributed by atoms with Gasteiger partial charge in [-0.3, -0.25) is 0 Å². The van der Waals surface area contributed by atoms with Crippen molar-refractivity contribution in [2.75, 3.05) is 5.33 Å². The lowest BCUT2D eigenvalue weighted by Crippen LogP contribution is -2.22. The molecule has 1 aliphatic carbocycles. The zero-order valence-electron chi connectivity index (χ0n) is 7.28. The Morgan fingerprint density at radius 1 is 1.73 bits per heavy atom. The number of alkyl halides is 1. The van der Waals surface area contributed by atoms with Crippen LogP contribution in [0.1, 0.15) is 26.7 Å².